The average molecular weight is 406 g/mol. The smallest absolute Gasteiger partial charge is 0.462 e. The normalized spacial score (nSPS) is 11.9. The Labute approximate surface area is 153 Å². The van der Waals surface area contributed by atoms with Crippen LogP contribution in [0.4, 0.5) is 18.9 Å². The molecule has 0 fully saturated rings. The van der Waals surface area contributed by atoms with Crippen molar-refractivity contribution in [2.24, 2.45) is 0 Å². The van der Waals surface area contributed by atoms with Gasteiger partial charge in [0.2, 0.25) is 0 Å². The van der Waals surface area contributed by atoms with Crippen molar-refractivity contribution < 1.29 is 35.9 Å². The third-order valence-electron chi connectivity index (χ3n) is 3.41. The number of H-pyrrole nitrogens is 1. The van der Waals surface area contributed by atoms with E-state index in [0.717, 1.165) is 24.3 Å². The zero-order valence-corrected chi connectivity index (χ0v) is 15.4. The predicted molar refractivity (Wildman–Crippen MR) is 90.2 cm³/mol. The predicted octanol–water partition coefficient (Wildman–Crippen LogP) is 3.51. The van der Waals surface area contributed by atoms with E-state index in [9.17, 15) is 26.4 Å². The van der Waals surface area contributed by atoms with Gasteiger partial charge in [-0.2, -0.15) is 0 Å². The molecule has 0 amide bonds. The molecule has 2 aromatic rings. The Balaban J connectivity index is 2.33. The molecule has 0 saturated carbocycles. The summed E-state index contributed by atoms with van der Waals surface area (Å²) in [4.78, 5) is 14.6. The molecule has 7 nitrogen and oxygen atoms in total. The highest BCUT2D eigenvalue weighted by atomic mass is 32.2. The highest BCUT2D eigenvalue weighted by Crippen LogP contribution is 2.28. The summed E-state index contributed by atoms with van der Waals surface area (Å²) >= 11 is 0. The fourth-order valence-corrected chi connectivity index (χ4v) is 3.98. The minimum atomic E-state index is -4.85. The number of aromatic nitrogens is 1. The van der Waals surface area contributed by atoms with Crippen molar-refractivity contribution in [1.29, 1.82) is 0 Å². The number of aromatic amines is 1. The van der Waals surface area contributed by atoms with Crippen LogP contribution >= 0.6 is 0 Å². The number of sulfonamides is 1. The van der Waals surface area contributed by atoms with Gasteiger partial charge in [-0.25, -0.2) is 13.2 Å². The zero-order chi connectivity index (χ0) is 20.4. The number of ether oxygens (including phenoxy) is 2. The fraction of sp³-hybridized carbons (Fsp3) is 0.312. The molecule has 2 N–H and O–H groups in total. The van der Waals surface area contributed by atoms with Gasteiger partial charge in [0.15, 0.2) is 0 Å². The molecule has 1 aromatic carbocycles. The molecule has 0 aliphatic heterocycles. The van der Waals surface area contributed by atoms with Gasteiger partial charge in [0.1, 0.15) is 16.2 Å². The Morgan fingerprint density at radius 3 is 2.26 bits per heavy atom. The SMILES string of the molecule is CCOC(=O)c1c(C)[nH]c(C)c1S(=O)(=O)Nc1ccc(OC(F)(F)F)cc1. The van der Waals surface area contributed by atoms with Gasteiger partial charge in [-0.05, 0) is 45.0 Å². The van der Waals surface area contributed by atoms with Gasteiger partial charge in [0.05, 0.1) is 6.61 Å². The zero-order valence-electron chi connectivity index (χ0n) is 14.6. The van der Waals surface area contributed by atoms with Crippen LogP contribution in [0.3, 0.4) is 0 Å². The molecular formula is C16H17F3N2O5S. The number of hydrogen-bond acceptors (Lipinski definition) is 5. The van der Waals surface area contributed by atoms with Crippen molar-refractivity contribution in [3.8, 4) is 5.75 Å². The number of rotatable bonds is 6. The van der Waals surface area contributed by atoms with Crippen LogP contribution in [0.2, 0.25) is 0 Å². The Morgan fingerprint density at radius 1 is 1.15 bits per heavy atom. The number of halogens is 3. The maximum Gasteiger partial charge on any atom is 0.573 e. The molecular weight excluding hydrogens is 389 g/mol. The number of anilines is 1. The summed E-state index contributed by atoms with van der Waals surface area (Å²) in [5, 5.41) is 0. The second-order valence-corrected chi connectivity index (χ2v) is 7.10. The average Bonchev–Trinajstić information content (AvgIpc) is 2.83. The summed E-state index contributed by atoms with van der Waals surface area (Å²) in [6.07, 6.45) is -4.85. The van der Waals surface area contributed by atoms with Crippen LogP contribution in [0.1, 0.15) is 28.7 Å². The first kappa shape index (κ1) is 20.6. The molecule has 0 spiro atoms. The number of carbonyl (C=O) groups excluding carboxylic acids is 1. The Bertz CT molecular complexity index is 934. The molecule has 148 valence electrons. The molecule has 11 heteroatoms. The Morgan fingerprint density at radius 2 is 1.74 bits per heavy atom. The lowest BCUT2D eigenvalue weighted by molar-refractivity contribution is -0.274. The van der Waals surface area contributed by atoms with E-state index < -0.39 is 28.1 Å². The summed E-state index contributed by atoms with van der Waals surface area (Å²) in [5.41, 5.74) is 0.414. The van der Waals surface area contributed by atoms with Crippen molar-refractivity contribution in [3.05, 3.63) is 41.2 Å². The molecule has 1 heterocycles. The van der Waals surface area contributed by atoms with Crippen molar-refractivity contribution in [2.45, 2.75) is 32.0 Å². The topological polar surface area (TPSA) is 97.5 Å². The van der Waals surface area contributed by atoms with E-state index in [1.165, 1.54) is 13.8 Å². The van der Waals surface area contributed by atoms with Crippen molar-refractivity contribution in [3.63, 3.8) is 0 Å². The van der Waals surface area contributed by atoms with E-state index >= 15 is 0 Å². The van der Waals surface area contributed by atoms with Crippen LogP contribution in [-0.2, 0) is 14.8 Å². The number of hydrogen-bond donors (Lipinski definition) is 2. The Hall–Kier alpha value is -2.69. The highest BCUT2D eigenvalue weighted by Gasteiger charge is 2.32. The molecule has 0 unspecified atom stereocenters. The molecule has 0 radical (unpaired) electrons. The van der Waals surface area contributed by atoms with E-state index in [4.69, 9.17) is 4.74 Å². The first-order valence-corrected chi connectivity index (χ1v) is 9.18. The molecule has 2 rings (SSSR count). The highest BCUT2D eigenvalue weighted by molar-refractivity contribution is 7.92. The quantitative estimate of drug-likeness (QED) is 0.716. The largest absolute Gasteiger partial charge is 0.573 e. The number of esters is 1. The number of nitrogens with one attached hydrogen (secondary N) is 2. The van der Waals surface area contributed by atoms with Gasteiger partial charge in [-0.15, -0.1) is 13.2 Å². The molecule has 27 heavy (non-hydrogen) atoms. The second-order valence-electron chi connectivity index (χ2n) is 5.48. The molecule has 0 bridgehead atoms. The Kier molecular flexibility index (Phi) is 5.73. The van der Waals surface area contributed by atoms with Gasteiger partial charge in [0.25, 0.3) is 10.0 Å². The van der Waals surface area contributed by atoms with Gasteiger partial charge in [-0.1, -0.05) is 0 Å². The van der Waals surface area contributed by atoms with E-state index in [2.05, 4.69) is 14.4 Å². The van der Waals surface area contributed by atoms with Crippen LogP contribution in [0.5, 0.6) is 5.75 Å². The summed E-state index contributed by atoms with van der Waals surface area (Å²) < 4.78 is 72.9. The molecule has 0 atom stereocenters. The van der Waals surface area contributed by atoms with Gasteiger partial charge >= 0.3 is 12.3 Å². The van der Waals surface area contributed by atoms with Gasteiger partial charge in [0, 0.05) is 17.1 Å². The fourth-order valence-electron chi connectivity index (χ4n) is 2.47. The van der Waals surface area contributed by atoms with E-state index in [1.807, 2.05) is 0 Å². The lowest BCUT2D eigenvalue weighted by Crippen LogP contribution is -2.18. The minimum Gasteiger partial charge on any atom is -0.462 e. The number of carbonyl (C=O) groups is 1. The molecule has 0 aliphatic rings. The summed E-state index contributed by atoms with van der Waals surface area (Å²) in [7, 11) is -4.21. The lowest BCUT2D eigenvalue weighted by atomic mass is 10.2. The molecule has 0 aliphatic carbocycles. The number of alkyl halides is 3. The van der Waals surface area contributed by atoms with Crippen LogP contribution in [0.15, 0.2) is 29.2 Å². The molecule has 1 aromatic heterocycles. The molecule has 0 saturated heterocycles. The van der Waals surface area contributed by atoms with Crippen molar-refractivity contribution in [1.82, 2.24) is 4.98 Å². The maximum absolute atomic E-state index is 12.7. The second kappa shape index (κ2) is 7.51. The van der Waals surface area contributed by atoms with Gasteiger partial charge in [-0.3, -0.25) is 4.72 Å². The summed E-state index contributed by atoms with van der Waals surface area (Å²) in [6.45, 7) is 4.66. The van der Waals surface area contributed by atoms with E-state index in [1.54, 1.807) is 6.92 Å². The maximum atomic E-state index is 12.7. The first-order valence-electron chi connectivity index (χ1n) is 7.69. The lowest BCUT2D eigenvalue weighted by Gasteiger charge is -2.12. The van der Waals surface area contributed by atoms with Crippen LogP contribution < -0.4 is 9.46 Å². The van der Waals surface area contributed by atoms with Crippen LogP contribution in [0, 0.1) is 13.8 Å². The standard InChI is InChI=1S/C16H17F3N2O5S/c1-4-25-15(22)13-9(2)20-10(3)14(13)27(23,24)21-11-5-7-12(8-6-11)26-16(17,18)19/h5-8,20-21H,4H2,1-3H3. The monoisotopic (exact) mass is 406 g/mol. The van der Waals surface area contributed by atoms with Gasteiger partial charge < -0.3 is 14.5 Å². The van der Waals surface area contributed by atoms with Crippen molar-refractivity contribution >= 4 is 21.7 Å². The number of benzene rings is 1. The van der Waals surface area contributed by atoms with Crippen LogP contribution in [-0.4, -0.2) is 32.3 Å². The minimum absolute atomic E-state index is 0.00223. The van der Waals surface area contributed by atoms with E-state index in [-0.39, 0.29) is 28.4 Å². The van der Waals surface area contributed by atoms with E-state index in [0.29, 0.717) is 5.69 Å². The van der Waals surface area contributed by atoms with Crippen molar-refractivity contribution in [2.75, 3.05) is 11.3 Å². The third-order valence-corrected chi connectivity index (χ3v) is 4.96. The third kappa shape index (κ3) is 4.94. The summed E-state index contributed by atoms with van der Waals surface area (Å²) in [5.74, 6) is -1.29. The van der Waals surface area contributed by atoms with Crippen LogP contribution in [0.25, 0.3) is 0 Å². The number of aryl methyl sites for hydroxylation is 2. The summed E-state index contributed by atoms with van der Waals surface area (Å²) in [6, 6.07) is 4.15. The first-order chi connectivity index (χ1) is 12.4.